The fourth-order valence-corrected chi connectivity index (χ4v) is 2.18. The molecule has 2 N–H and O–H groups in total. The van der Waals surface area contributed by atoms with Crippen LogP contribution in [0.3, 0.4) is 0 Å². The van der Waals surface area contributed by atoms with Crippen LogP contribution >= 0.6 is 0 Å². The molecule has 0 aliphatic carbocycles. The summed E-state index contributed by atoms with van der Waals surface area (Å²) in [5, 5.41) is 5.04. The number of hydrogen-bond acceptors (Lipinski definition) is 4. The van der Waals surface area contributed by atoms with Gasteiger partial charge in [-0.25, -0.2) is 13.6 Å². The Bertz CT molecular complexity index is 512. The van der Waals surface area contributed by atoms with Crippen molar-refractivity contribution in [2.24, 2.45) is 5.14 Å². The Morgan fingerprint density at radius 1 is 1.29 bits per heavy atom. The number of nitrogens with two attached hydrogens (primary N) is 1. The van der Waals surface area contributed by atoms with Gasteiger partial charge in [0.15, 0.2) is 11.5 Å². The number of primary sulfonamides is 1. The van der Waals surface area contributed by atoms with Crippen LogP contribution in [0.25, 0.3) is 0 Å². The minimum absolute atomic E-state index is 0.0380. The molecule has 1 unspecified atom stereocenters. The van der Waals surface area contributed by atoms with E-state index >= 15 is 0 Å². The number of hydrogen-bond donors (Lipinski definition) is 1. The standard InChI is InChI=1S/C11H15NO4S/c1-2-3-4-11-15-9-6-5-8(17(12,13)14)7-10(9)16-11/h5-7,11H,2-4H2,1H3,(H2,12,13,14). The van der Waals surface area contributed by atoms with Crippen LogP contribution in [0, 0.1) is 0 Å². The molecule has 0 bridgehead atoms. The number of benzene rings is 1. The second-order valence-electron chi connectivity index (χ2n) is 3.96. The van der Waals surface area contributed by atoms with Gasteiger partial charge in [-0.05, 0) is 18.6 Å². The minimum Gasteiger partial charge on any atom is -0.451 e. The number of rotatable bonds is 4. The molecule has 1 atom stereocenters. The van der Waals surface area contributed by atoms with Crippen molar-refractivity contribution >= 4 is 10.0 Å². The summed E-state index contributed by atoms with van der Waals surface area (Å²) in [6.45, 7) is 2.08. The molecule has 1 aliphatic rings. The lowest BCUT2D eigenvalue weighted by atomic mass is 10.2. The molecule has 0 saturated carbocycles. The zero-order valence-corrected chi connectivity index (χ0v) is 10.4. The summed E-state index contributed by atoms with van der Waals surface area (Å²) in [4.78, 5) is 0.0380. The van der Waals surface area contributed by atoms with Gasteiger partial charge in [-0.2, -0.15) is 0 Å². The van der Waals surface area contributed by atoms with E-state index < -0.39 is 10.0 Å². The van der Waals surface area contributed by atoms with Gasteiger partial charge >= 0.3 is 0 Å². The maximum absolute atomic E-state index is 11.2. The van der Waals surface area contributed by atoms with Crippen molar-refractivity contribution in [3.05, 3.63) is 18.2 Å². The van der Waals surface area contributed by atoms with E-state index in [2.05, 4.69) is 6.92 Å². The largest absolute Gasteiger partial charge is 0.451 e. The maximum Gasteiger partial charge on any atom is 0.241 e. The van der Waals surface area contributed by atoms with Gasteiger partial charge in [0.25, 0.3) is 0 Å². The Kier molecular flexibility index (Phi) is 3.26. The summed E-state index contributed by atoms with van der Waals surface area (Å²) < 4.78 is 33.4. The van der Waals surface area contributed by atoms with Gasteiger partial charge in [0, 0.05) is 12.5 Å². The molecule has 94 valence electrons. The van der Waals surface area contributed by atoms with Gasteiger partial charge in [0.05, 0.1) is 4.90 Å². The van der Waals surface area contributed by atoms with Gasteiger partial charge in [-0.3, -0.25) is 0 Å². The first-order valence-electron chi connectivity index (χ1n) is 5.51. The predicted octanol–water partition coefficient (Wildman–Crippen LogP) is 1.62. The summed E-state index contributed by atoms with van der Waals surface area (Å²) in [5.41, 5.74) is 0. The molecular weight excluding hydrogens is 242 g/mol. The SMILES string of the molecule is CCCCC1Oc2ccc(S(N)(=O)=O)cc2O1. The Labute approximate surface area is 101 Å². The van der Waals surface area contributed by atoms with Gasteiger partial charge in [-0.1, -0.05) is 13.3 Å². The van der Waals surface area contributed by atoms with Gasteiger partial charge < -0.3 is 9.47 Å². The van der Waals surface area contributed by atoms with Crippen molar-refractivity contribution in [1.82, 2.24) is 0 Å². The summed E-state index contributed by atoms with van der Waals surface area (Å²) in [5.74, 6) is 1.01. The lowest BCUT2D eigenvalue weighted by Crippen LogP contribution is -2.17. The third-order valence-corrected chi connectivity index (χ3v) is 3.46. The smallest absolute Gasteiger partial charge is 0.241 e. The normalized spacial score (nSPS) is 18.4. The first kappa shape index (κ1) is 12.2. The van der Waals surface area contributed by atoms with Crippen molar-refractivity contribution in [3.63, 3.8) is 0 Å². The van der Waals surface area contributed by atoms with E-state index in [0.29, 0.717) is 11.5 Å². The topological polar surface area (TPSA) is 78.6 Å². The summed E-state index contributed by atoms with van der Waals surface area (Å²) >= 11 is 0. The van der Waals surface area contributed by atoms with Crippen molar-refractivity contribution in [1.29, 1.82) is 0 Å². The molecule has 2 rings (SSSR count). The Morgan fingerprint density at radius 2 is 2.00 bits per heavy atom. The molecular formula is C11H15NO4S. The van der Waals surface area contributed by atoms with E-state index in [4.69, 9.17) is 14.6 Å². The molecule has 1 heterocycles. The Morgan fingerprint density at radius 3 is 2.65 bits per heavy atom. The van der Waals surface area contributed by atoms with E-state index in [1.165, 1.54) is 12.1 Å². The number of ether oxygens (including phenoxy) is 2. The fourth-order valence-electron chi connectivity index (χ4n) is 1.65. The van der Waals surface area contributed by atoms with Crippen LogP contribution in [-0.2, 0) is 10.0 Å². The molecule has 1 aliphatic heterocycles. The highest BCUT2D eigenvalue weighted by atomic mass is 32.2. The third kappa shape index (κ3) is 2.70. The van der Waals surface area contributed by atoms with E-state index in [0.717, 1.165) is 19.3 Å². The third-order valence-electron chi connectivity index (χ3n) is 2.55. The maximum atomic E-state index is 11.2. The van der Waals surface area contributed by atoms with Crippen molar-refractivity contribution in [3.8, 4) is 11.5 Å². The summed E-state index contributed by atoms with van der Waals surface area (Å²) in [7, 11) is -3.69. The van der Waals surface area contributed by atoms with Crippen LogP contribution in [0.15, 0.2) is 23.1 Å². The van der Waals surface area contributed by atoms with Crippen LogP contribution < -0.4 is 14.6 Å². The molecule has 0 aromatic heterocycles. The second-order valence-corrected chi connectivity index (χ2v) is 5.52. The van der Waals surface area contributed by atoms with Gasteiger partial charge in [0.1, 0.15) is 0 Å². The highest BCUT2D eigenvalue weighted by Gasteiger charge is 2.25. The number of fused-ring (bicyclic) bond motifs is 1. The predicted molar refractivity (Wildman–Crippen MR) is 62.4 cm³/mol. The monoisotopic (exact) mass is 257 g/mol. The van der Waals surface area contributed by atoms with Crippen LogP contribution in [-0.4, -0.2) is 14.7 Å². The highest BCUT2D eigenvalue weighted by molar-refractivity contribution is 7.89. The molecule has 1 aromatic carbocycles. The second kappa shape index (κ2) is 4.54. The fraction of sp³-hybridized carbons (Fsp3) is 0.455. The first-order chi connectivity index (χ1) is 8.00. The molecule has 0 spiro atoms. The van der Waals surface area contributed by atoms with Gasteiger partial charge in [0.2, 0.25) is 16.3 Å². The Balaban J connectivity index is 2.17. The molecule has 0 saturated heterocycles. The lowest BCUT2D eigenvalue weighted by Gasteiger charge is -2.08. The average molecular weight is 257 g/mol. The summed E-state index contributed by atoms with van der Waals surface area (Å²) in [6, 6.07) is 4.39. The molecule has 1 aromatic rings. The number of sulfonamides is 1. The van der Waals surface area contributed by atoms with E-state index in [-0.39, 0.29) is 11.2 Å². The van der Waals surface area contributed by atoms with Crippen LogP contribution in [0.1, 0.15) is 26.2 Å². The molecule has 5 nitrogen and oxygen atoms in total. The van der Waals surface area contributed by atoms with Gasteiger partial charge in [-0.15, -0.1) is 0 Å². The zero-order valence-electron chi connectivity index (χ0n) is 9.55. The van der Waals surface area contributed by atoms with Crippen LogP contribution in [0.2, 0.25) is 0 Å². The van der Waals surface area contributed by atoms with Crippen molar-refractivity contribution in [2.75, 3.05) is 0 Å². The molecule has 0 radical (unpaired) electrons. The minimum atomic E-state index is -3.69. The molecule has 17 heavy (non-hydrogen) atoms. The zero-order chi connectivity index (χ0) is 12.5. The van der Waals surface area contributed by atoms with E-state index in [9.17, 15) is 8.42 Å². The number of unbranched alkanes of at least 4 members (excludes halogenated alkanes) is 1. The van der Waals surface area contributed by atoms with Crippen molar-refractivity contribution in [2.45, 2.75) is 37.4 Å². The van der Waals surface area contributed by atoms with E-state index in [1.54, 1.807) is 6.07 Å². The van der Waals surface area contributed by atoms with Crippen LogP contribution in [0.4, 0.5) is 0 Å². The molecule has 0 amide bonds. The average Bonchev–Trinajstić information content (AvgIpc) is 2.66. The quantitative estimate of drug-likeness (QED) is 0.889. The molecule has 6 heteroatoms. The van der Waals surface area contributed by atoms with E-state index in [1.807, 2.05) is 0 Å². The lowest BCUT2D eigenvalue weighted by molar-refractivity contribution is 0.0399. The first-order valence-corrected chi connectivity index (χ1v) is 7.05. The van der Waals surface area contributed by atoms with Crippen molar-refractivity contribution < 1.29 is 17.9 Å². The highest BCUT2D eigenvalue weighted by Crippen LogP contribution is 2.37. The summed E-state index contributed by atoms with van der Waals surface area (Å²) in [6.07, 6.45) is 2.53. The molecule has 0 fully saturated rings. The van der Waals surface area contributed by atoms with Crippen LogP contribution in [0.5, 0.6) is 11.5 Å². The Hall–Kier alpha value is -1.27.